The van der Waals surface area contributed by atoms with Gasteiger partial charge in [0.05, 0.1) is 19.8 Å². The summed E-state index contributed by atoms with van der Waals surface area (Å²) in [4.78, 5) is 15.7. The smallest absolute Gasteiger partial charge is 0.251 e. The van der Waals surface area contributed by atoms with Crippen molar-refractivity contribution >= 4 is 17.2 Å². The van der Waals surface area contributed by atoms with E-state index >= 15 is 0 Å². The zero-order valence-corrected chi connectivity index (χ0v) is 13.3. The Labute approximate surface area is 136 Å². The van der Waals surface area contributed by atoms with Gasteiger partial charge < -0.3 is 19.6 Å². The Morgan fingerprint density at radius 1 is 1.22 bits per heavy atom. The first kappa shape index (κ1) is 15.1. The molecular formula is C16H14N2O4S. The van der Waals surface area contributed by atoms with Gasteiger partial charge in [-0.05, 0) is 24.3 Å². The van der Waals surface area contributed by atoms with E-state index in [9.17, 15) is 4.79 Å². The van der Waals surface area contributed by atoms with Crippen LogP contribution in [-0.4, -0.2) is 25.1 Å². The van der Waals surface area contributed by atoms with Gasteiger partial charge in [-0.2, -0.15) is 0 Å². The number of carbonyl (C=O) groups is 1. The van der Waals surface area contributed by atoms with Crippen LogP contribution < -0.4 is 15.2 Å². The average Bonchev–Trinajstić information content (AvgIpc) is 3.23. The summed E-state index contributed by atoms with van der Waals surface area (Å²) in [6.07, 6.45) is 1.33. The van der Waals surface area contributed by atoms with Crippen LogP contribution in [0.1, 0.15) is 10.4 Å². The highest BCUT2D eigenvalue weighted by molar-refractivity contribution is 7.13. The van der Waals surface area contributed by atoms with Gasteiger partial charge in [-0.25, -0.2) is 4.98 Å². The summed E-state index contributed by atoms with van der Waals surface area (Å²) in [7, 11) is 3.18. The van der Waals surface area contributed by atoms with E-state index < -0.39 is 5.91 Å². The molecule has 0 saturated heterocycles. The second-order valence-electron chi connectivity index (χ2n) is 4.67. The lowest BCUT2D eigenvalue weighted by Gasteiger charge is -2.08. The molecule has 118 valence electrons. The maximum atomic E-state index is 11.1. The molecule has 0 fully saturated rings. The first-order valence-electron chi connectivity index (χ1n) is 6.69. The Morgan fingerprint density at radius 3 is 2.65 bits per heavy atom. The highest BCUT2D eigenvalue weighted by Crippen LogP contribution is 2.35. The predicted octanol–water partition coefficient (Wildman–Crippen LogP) is 3.19. The van der Waals surface area contributed by atoms with Crippen molar-refractivity contribution in [2.75, 3.05) is 14.2 Å². The van der Waals surface area contributed by atoms with Gasteiger partial charge in [-0.1, -0.05) is 0 Å². The SMILES string of the molecule is COc1ccc(-c2nc(-c3cc(C(N)=O)co3)cs2)cc1OC. The summed E-state index contributed by atoms with van der Waals surface area (Å²) in [6, 6.07) is 7.17. The molecule has 0 atom stereocenters. The number of methoxy groups -OCH3 is 2. The molecule has 23 heavy (non-hydrogen) atoms. The topological polar surface area (TPSA) is 87.6 Å². The summed E-state index contributed by atoms with van der Waals surface area (Å²) in [5, 5.41) is 2.66. The van der Waals surface area contributed by atoms with Crippen molar-refractivity contribution in [3.05, 3.63) is 41.5 Å². The maximum absolute atomic E-state index is 11.1. The van der Waals surface area contributed by atoms with Crippen LogP contribution in [-0.2, 0) is 0 Å². The van der Waals surface area contributed by atoms with Gasteiger partial charge in [0, 0.05) is 10.9 Å². The molecule has 0 aliphatic carbocycles. The quantitative estimate of drug-likeness (QED) is 0.776. The normalized spacial score (nSPS) is 10.5. The number of amides is 1. The van der Waals surface area contributed by atoms with E-state index in [0.717, 1.165) is 10.6 Å². The fraction of sp³-hybridized carbons (Fsp3) is 0.125. The second kappa shape index (κ2) is 6.13. The number of carbonyl (C=O) groups excluding carboxylic acids is 1. The molecule has 0 saturated carbocycles. The number of benzene rings is 1. The number of primary amides is 1. The second-order valence-corrected chi connectivity index (χ2v) is 5.53. The van der Waals surface area contributed by atoms with Crippen LogP contribution in [0.3, 0.4) is 0 Å². The number of aromatic nitrogens is 1. The third-order valence-electron chi connectivity index (χ3n) is 3.27. The number of hydrogen-bond donors (Lipinski definition) is 1. The van der Waals surface area contributed by atoms with Crippen LogP contribution >= 0.6 is 11.3 Å². The highest BCUT2D eigenvalue weighted by atomic mass is 32.1. The minimum atomic E-state index is -0.532. The Balaban J connectivity index is 1.93. The molecule has 6 nitrogen and oxygen atoms in total. The van der Waals surface area contributed by atoms with Crippen LogP contribution in [0.5, 0.6) is 11.5 Å². The number of ether oxygens (including phenoxy) is 2. The molecule has 3 aromatic rings. The zero-order valence-electron chi connectivity index (χ0n) is 12.5. The molecule has 1 aromatic carbocycles. The van der Waals surface area contributed by atoms with Gasteiger partial charge in [0.25, 0.3) is 5.91 Å². The summed E-state index contributed by atoms with van der Waals surface area (Å²) in [5.41, 5.74) is 7.09. The van der Waals surface area contributed by atoms with E-state index in [0.29, 0.717) is 28.5 Å². The first-order chi connectivity index (χ1) is 11.1. The molecular weight excluding hydrogens is 316 g/mol. The summed E-state index contributed by atoms with van der Waals surface area (Å²) < 4.78 is 15.9. The van der Waals surface area contributed by atoms with Gasteiger partial charge in [0.15, 0.2) is 17.3 Å². The van der Waals surface area contributed by atoms with Gasteiger partial charge in [-0.15, -0.1) is 11.3 Å². The largest absolute Gasteiger partial charge is 0.493 e. The first-order valence-corrected chi connectivity index (χ1v) is 7.57. The Kier molecular flexibility index (Phi) is 4.03. The molecule has 2 heterocycles. The van der Waals surface area contributed by atoms with E-state index in [1.54, 1.807) is 20.3 Å². The van der Waals surface area contributed by atoms with Crippen molar-refractivity contribution in [1.82, 2.24) is 4.98 Å². The molecule has 2 N–H and O–H groups in total. The maximum Gasteiger partial charge on any atom is 0.251 e. The van der Waals surface area contributed by atoms with Gasteiger partial charge in [0.2, 0.25) is 0 Å². The van der Waals surface area contributed by atoms with Gasteiger partial charge in [-0.3, -0.25) is 4.79 Å². The number of hydrogen-bond acceptors (Lipinski definition) is 6. The average molecular weight is 330 g/mol. The number of thiazole rings is 1. The van der Waals surface area contributed by atoms with Crippen LogP contribution in [0, 0.1) is 0 Å². The highest BCUT2D eigenvalue weighted by Gasteiger charge is 2.14. The minimum absolute atomic E-state index is 0.320. The predicted molar refractivity (Wildman–Crippen MR) is 86.9 cm³/mol. The summed E-state index contributed by atoms with van der Waals surface area (Å²) >= 11 is 1.46. The van der Waals surface area contributed by atoms with Crippen molar-refractivity contribution in [3.63, 3.8) is 0 Å². The minimum Gasteiger partial charge on any atom is -0.493 e. The third-order valence-corrected chi connectivity index (χ3v) is 4.16. The molecule has 3 rings (SSSR count). The van der Waals surface area contributed by atoms with Crippen molar-refractivity contribution < 1.29 is 18.7 Å². The molecule has 1 amide bonds. The monoisotopic (exact) mass is 330 g/mol. The molecule has 0 aliphatic rings. The molecule has 0 aliphatic heterocycles. The van der Waals surface area contributed by atoms with Crippen molar-refractivity contribution in [2.24, 2.45) is 5.73 Å². The lowest BCUT2D eigenvalue weighted by atomic mass is 10.2. The standard InChI is InChI=1S/C16H14N2O4S/c1-20-12-4-3-9(5-14(12)21-2)16-18-11(8-23-16)13-6-10(7-22-13)15(17)19/h3-8H,1-2H3,(H2,17,19). The third kappa shape index (κ3) is 2.91. The fourth-order valence-electron chi connectivity index (χ4n) is 2.09. The molecule has 2 aromatic heterocycles. The van der Waals surface area contributed by atoms with E-state index in [1.165, 1.54) is 17.6 Å². The van der Waals surface area contributed by atoms with Crippen molar-refractivity contribution in [3.8, 4) is 33.5 Å². The van der Waals surface area contributed by atoms with Gasteiger partial charge >= 0.3 is 0 Å². The number of nitrogens with zero attached hydrogens (tertiary/aromatic N) is 1. The fourth-order valence-corrected chi connectivity index (χ4v) is 2.89. The van der Waals surface area contributed by atoms with E-state index in [-0.39, 0.29) is 0 Å². The number of nitrogens with two attached hydrogens (primary N) is 1. The van der Waals surface area contributed by atoms with Gasteiger partial charge in [0.1, 0.15) is 17.0 Å². The van der Waals surface area contributed by atoms with E-state index in [2.05, 4.69) is 4.98 Å². The Hall–Kier alpha value is -2.80. The summed E-state index contributed by atoms with van der Waals surface area (Å²) in [5.74, 6) is 1.26. The van der Waals surface area contributed by atoms with Crippen LogP contribution in [0.25, 0.3) is 22.0 Å². The molecule has 0 unspecified atom stereocenters. The number of rotatable bonds is 5. The van der Waals surface area contributed by atoms with Crippen molar-refractivity contribution in [2.45, 2.75) is 0 Å². The Bertz CT molecular complexity index is 853. The van der Waals surface area contributed by atoms with E-state index in [4.69, 9.17) is 19.6 Å². The van der Waals surface area contributed by atoms with Crippen LogP contribution in [0.2, 0.25) is 0 Å². The molecule has 0 spiro atoms. The molecule has 0 bridgehead atoms. The van der Waals surface area contributed by atoms with Crippen molar-refractivity contribution in [1.29, 1.82) is 0 Å². The Morgan fingerprint density at radius 2 is 2.00 bits per heavy atom. The summed E-state index contributed by atoms with van der Waals surface area (Å²) in [6.45, 7) is 0. The number of furan rings is 1. The lowest BCUT2D eigenvalue weighted by Crippen LogP contribution is -2.09. The lowest BCUT2D eigenvalue weighted by molar-refractivity contribution is 0.0999. The molecule has 0 radical (unpaired) electrons. The zero-order chi connectivity index (χ0) is 16.4. The van der Waals surface area contributed by atoms with Crippen LogP contribution in [0.15, 0.2) is 40.3 Å². The van der Waals surface area contributed by atoms with Crippen LogP contribution in [0.4, 0.5) is 0 Å². The van der Waals surface area contributed by atoms with E-state index in [1.807, 2.05) is 23.6 Å². The molecule has 7 heteroatoms.